The Hall–Kier alpha value is -3.81. The van der Waals surface area contributed by atoms with E-state index in [0.717, 1.165) is 68.8 Å². The van der Waals surface area contributed by atoms with Gasteiger partial charge in [0.15, 0.2) is 0 Å². The molecule has 1 fully saturated rings. The van der Waals surface area contributed by atoms with Gasteiger partial charge in [-0.05, 0) is 53.6 Å². The third-order valence-corrected chi connectivity index (χ3v) is 6.55. The lowest BCUT2D eigenvalue weighted by molar-refractivity contribution is 0.0322. The zero-order valence-electron chi connectivity index (χ0n) is 21.3. The molecule has 2 heterocycles. The molecule has 7 heteroatoms. The normalized spacial score (nSPS) is 13.9. The highest BCUT2D eigenvalue weighted by Crippen LogP contribution is 2.26. The van der Waals surface area contributed by atoms with Crippen LogP contribution in [0.3, 0.4) is 0 Å². The smallest absolute Gasteiger partial charge is 0.121 e. The number of nitrogens with zero attached hydrogens (tertiary/aromatic N) is 4. The van der Waals surface area contributed by atoms with Crippen molar-refractivity contribution in [1.82, 2.24) is 14.7 Å². The average molecular weight is 499 g/mol. The summed E-state index contributed by atoms with van der Waals surface area (Å²) in [5.41, 5.74) is 4.56. The highest BCUT2D eigenvalue weighted by molar-refractivity contribution is 5.52. The molecule has 0 aliphatic carbocycles. The van der Waals surface area contributed by atoms with Gasteiger partial charge in [0.05, 0.1) is 26.0 Å². The summed E-state index contributed by atoms with van der Waals surface area (Å²) in [7, 11) is 1.70. The van der Waals surface area contributed by atoms with E-state index in [-0.39, 0.29) is 0 Å². The molecule has 0 unspecified atom stereocenters. The summed E-state index contributed by atoms with van der Waals surface area (Å²) in [4.78, 5) is 4.75. The molecule has 1 aromatic heterocycles. The Balaban J connectivity index is 1.32. The molecule has 0 saturated carbocycles. The SMILES string of the molecule is COc1cccc(CN(Cc2ccc(-n3cccn3)cc2)c2cccc(OCCN3CCOCC3)c2)c1. The van der Waals surface area contributed by atoms with Crippen molar-refractivity contribution in [2.45, 2.75) is 13.1 Å². The maximum atomic E-state index is 6.15. The van der Waals surface area contributed by atoms with Gasteiger partial charge in [-0.2, -0.15) is 5.10 Å². The molecule has 7 nitrogen and oxygen atoms in total. The fourth-order valence-electron chi connectivity index (χ4n) is 4.51. The standard InChI is InChI=1S/C30H34N4O3/c1-35-29-7-2-5-26(21-29)24-33(23-25-9-11-27(12-10-25)34-14-4-13-31-34)28-6-3-8-30(22-28)37-20-17-32-15-18-36-19-16-32/h2-14,21-22H,15-20,23-24H2,1H3. The molecule has 37 heavy (non-hydrogen) atoms. The molecule has 0 radical (unpaired) electrons. The van der Waals surface area contributed by atoms with Gasteiger partial charge in [0, 0.05) is 56.9 Å². The third kappa shape index (κ3) is 6.90. The van der Waals surface area contributed by atoms with Gasteiger partial charge in [0.2, 0.25) is 0 Å². The molecule has 0 N–H and O–H groups in total. The molecular weight excluding hydrogens is 464 g/mol. The van der Waals surface area contributed by atoms with Crippen molar-refractivity contribution in [1.29, 1.82) is 0 Å². The van der Waals surface area contributed by atoms with E-state index in [1.807, 2.05) is 35.1 Å². The number of ether oxygens (including phenoxy) is 3. The zero-order valence-corrected chi connectivity index (χ0v) is 21.3. The van der Waals surface area contributed by atoms with E-state index >= 15 is 0 Å². The number of methoxy groups -OCH3 is 1. The average Bonchev–Trinajstić information content (AvgIpc) is 3.49. The van der Waals surface area contributed by atoms with Crippen LogP contribution < -0.4 is 14.4 Å². The van der Waals surface area contributed by atoms with Crippen LogP contribution in [-0.2, 0) is 17.8 Å². The highest BCUT2D eigenvalue weighted by Gasteiger charge is 2.13. The Labute approximate surface area is 218 Å². The van der Waals surface area contributed by atoms with E-state index in [9.17, 15) is 0 Å². The van der Waals surface area contributed by atoms with Gasteiger partial charge in [0.25, 0.3) is 0 Å². The maximum Gasteiger partial charge on any atom is 0.121 e. The van der Waals surface area contributed by atoms with Crippen molar-refractivity contribution in [3.63, 3.8) is 0 Å². The van der Waals surface area contributed by atoms with Crippen molar-refractivity contribution < 1.29 is 14.2 Å². The summed E-state index contributed by atoms with van der Waals surface area (Å²) < 4.78 is 18.9. The molecule has 0 atom stereocenters. The predicted molar refractivity (Wildman–Crippen MR) is 146 cm³/mol. The second-order valence-corrected chi connectivity index (χ2v) is 9.12. The van der Waals surface area contributed by atoms with Gasteiger partial charge in [0.1, 0.15) is 18.1 Å². The molecule has 0 amide bonds. The second kappa shape index (κ2) is 12.4. The Morgan fingerprint density at radius 3 is 2.43 bits per heavy atom. The van der Waals surface area contributed by atoms with Crippen LogP contribution in [0.1, 0.15) is 11.1 Å². The molecule has 4 aromatic rings. The number of hydrogen-bond donors (Lipinski definition) is 0. The van der Waals surface area contributed by atoms with Gasteiger partial charge in [-0.3, -0.25) is 4.90 Å². The number of benzene rings is 3. The largest absolute Gasteiger partial charge is 0.497 e. The number of anilines is 1. The quantitative estimate of drug-likeness (QED) is 0.296. The minimum atomic E-state index is 0.661. The first-order valence-electron chi connectivity index (χ1n) is 12.8. The van der Waals surface area contributed by atoms with Crippen molar-refractivity contribution >= 4 is 5.69 Å². The summed E-state index contributed by atoms with van der Waals surface area (Å²) in [6, 6.07) is 27.1. The summed E-state index contributed by atoms with van der Waals surface area (Å²) in [5.74, 6) is 1.75. The molecule has 1 saturated heterocycles. The number of hydrogen-bond acceptors (Lipinski definition) is 6. The molecule has 5 rings (SSSR count). The van der Waals surface area contributed by atoms with Crippen LogP contribution >= 0.6 is 0 Å². The van der Waals surface area contributed by atoms with E-state index in [1.54, 1.807) is 13.3 Å². The second-order valence-electron chi connectivity index (χ2n) is 9.12. The van der Waals surface area contributed by atoms with Crippen LogP contribution in [0.5, 0.6) is 11.5 Å². The number of rotatable bonds is 11. The lowest BCUT2D eigenvalue weighted by atomic mass is 10.1. The Bertz CT molecular complexity index is 1240. The van der Waals surface area contributed by atoms with Gasteiger partial charge < -0.3 is 19.1 Å². The Morgan fingerprint density at radius 1 is 0.865 bits per heavy atom. The highest BCUT2D eigenvalue weighted by atomic mass is 16.5. The van der Waals surface area contributed by atoms with Crippen molar-refractivity contribution in [2.75, 3.05) is 51.5 Å². The van der Waals surface area contributed by atoms with Crippen molar-refractivity contribution in [3.05, 3.63) is 102 Å². The van der Waals surface area contributed by atoms with Crippen LogP contribution in [0.15, 0.2) is 91.3 Å². The summed E-state index contributed by atoms with van der Waals surface area (Å²) in [6.45, 7) is 6.62. The van der Waals surface area contributed by atoms with Crippen molar-refractivity contribution in [2.24, 2.45) is 0 Å². The number of morpholine rings is 1. The zero-order chi connectivity index (χ0) is 25.3. The summed E-state index contributed by atoms with van der Waals surface area (Å²) in [5, 5.41) is 4.33. The summed E-state index contributed by atoms with van der Waals surface area (Å²) >= 11 is 0. The summed E-state index contributed by atoms with van der Waals surface area (Å²) in [6.07, 6.45) is 3.74. The van der Waals surface area contributed by atoms with E-state index in [2.05, 4.69) is 69.5 Å². The topological polar surface area (TPSA) is 52.0 Å². The van der Waals surface area contributed by atoms with E-state index in [0.29, 0.717) is 6.61 Å². The van der Waals surface area contributed by atoms with Gasteiger partial charge in [-0.1, -0.05) is 30.3 Å². The molecule has 192 valence electrons. The fraction of sp³-hybridized carbons (Fsp3) is 0.300. The van der Waals surface area contributed by atoms with Crippen LogP contribution in [-0.4, -0.2) is 61.2 Å². The van der Waals surface area contributed by atoms with Gasteiger partial charge >= 0.3 is 0 Å². The minimum Gasteiger partial charge on any atom is -0.497 e. The first kappa shape index (κ1) is 24.9. The van der Waals surface area contributed by atoms with Gasteiger partial charge in [-0.25, -0.2) is 4.68 Å². The molecule has 1 aliphatic rings. The van der Waals surface area contributed by atoms with Crippen LogP contribution in [0.2, 0.25) is 0 Å². The van der Waals surface area contributed by atoms with Crippen LogP contribution in [0.4, 0.5) is 5.69 Å². The number of aromatic nitrogens is 2. The Kier molecular flexibility index (Phi) is 8.35. The molecule has 3 aromatic carbocycles. The fourth-order valence-corrected chi connectivity index (χ4v) is 4.51. The van der Waals surface area contributed by atoms with E-state index in [4.69, 9.17) is 14.2 Å². The van der Waals surface area contributed by atoms with E-state index < -0.39 is 0 Å². The minimum absolute atomic E-state index is 0.661. The third-order valence-electron chi connectivity index (χ3n) is 6.55. The first-order chi connectivity index (χ1) is 18.3. The van der Waals surface area contributed by atoms with Crippen molar-refractivity contribution in [3.8, 4) is 17.2 Å². The molecular formula is C30H34N4O3. The van der Waals surface area contributed by atoms with Crippen LogP contribution in [0.25, 0.3) is 5.69 Å². The first-order valence-corrected chi connectivity index (χ1v) is 12.8. The maximum absolute atomic E-state index is 6.15. The lowest BCUT2D eigenvalue weighted by Crippen LogP contribution is -2.38. The van der Waals surface area contributed by atoms with E-state index in [1.165, 1.54) is 11.1 Å². The monoisotopic (exact) mass is 498 g/mol. The molecule has 0 bridgehead atoms. The predicted octanol–water partition coefficient (Wildman–Crippen LogP) is 4.80. The van der Waals surface area contributed by atoms with Gasteiger partial charge in [-0.15, -0.1) is 0 Å². The molecule has 0 spiro atoms. The lowest BCUT2D eigenvalue weighted by Gasteiger charge is -2.27. The Morgan fingerprint density at radius 2 is 1.65 bits per heavy atom. The molecule has 1 aliphatic heterocycles. The van der Waals surface area contributed by atoms with Crippen LogP contribution in [0, 0.1) is 0 Å².